The maximum atomic E-state index is 11.0. The van der Waals surface area contributed by atoms with Crippen LogP contribution in [0.4, 0.5) is 5.69 Å². The SMILES string of the molecule is N#Cc1ccc(OCc2cncn2C2CC2)c([N+](=O)[O-])c1. The van der Waals surface area contributed by atoms with Gasteiger partial charge in [-0.3, -0.25) is 10.1 Å². The highest BCUT2D eigenvalue weighted by Crippen LogP contribution is 2.36. The average molecular weight is 284 g/mol. The monoisotopic (exact) mass is 284 g/mol. The van der Waals surface area contributed by atoms with Crippen molar-refractivity contribution >= 4 is 5.69 Å². The lowest BCUT2D eigenvalue weighted by Crippen LogP contribution is -2.05. The molecule has 3 rings (SSSR count). The number of nitro groups is 1. The van der Waals surface area contributed by atoms with Gasteiger partial charge in [-0.05, 0) is 25.0 Å². The molecule has 1 fully saturated rings. The van der Waals surface area contributed by atoms with E-state index >= 15 is 0 Å². The van der Waals surface area contributed by atoms with Crippen molar-refractivity contribution in [3.8, 4) is 11.8 Å². The van der Waals surface area contributed by atoms with E-state index in [2.05, 4.69) is 4.98 Å². The quantitative estimate of drug-likeness (QED) is 0.621. The van der Waals surface area contributed by atoms with Crippen molar-refractivity contribution in [1.29, 1.82) is 5.26 Å². The molecule has 0 N–H and O–H groups in total. The number of rotatable bonds is 5. The van der Waals surface area contributed by atoms with E-state index in [1.165, 1.54) is 18.2 Å². The Bertz CT molecular complexity index is 728. The average Bonchev–Trinajstić information content (AvgIpc) is 3.23. The van der Waals surface area contributed by atoms with E-state index in [9.17, 15) is 10.1 Å². The van der Waals surface area contributed by atoms with Crippen LogP contribution in [0.25, 0.3) is 0 Å². The predicted octanol–water partition coefficient (Wildman–Crippen LogP) is 2.58. The maximum Gasteiger partial charge on any atom is 0.312 e. The number of nitrogens with zero attached hydrogens (tertiary/aromatic N) is 4. The Kier molecular flexibility index (Phi) is 3.28. The molecule has 0 saturated heterocycles. The summed E-state index contributed by atoms with van der Waals surface area (Å²) in [4.78, 5) is 14.6. The second-order valence-electron chi connectivity index (χ2n) is 4.86. The summed E-state index contributed by atoms with van der Waals surface area (Å²) in [5.74, 6) is 0.155. The Balaban J connectivity index is 1.80. The molecule has 0 bridgehead atoms. The molecular weight excluding hydrogens is 272 g/mol. The molecule has 0 amide bonds. The molecule has 7 heteroatoms. The molecule has 1 saturated carbocycles. The molecular formula is C14H12N4O3. The van der Waals surface area contributed by atoms with Crippen LogP contribution < -0.4 is 4.74 Å². The van der Waals surface area contributed by atoms with Crippen LogP contribution in [-0.4, -0.2) is 14.5 Å². The lowest BCUT2D eigenvalue weighted by molar-refractivity contribution is -0.386. The first kappa shape index (κ1) is 13.1. The largest absolute Gasteiger partial charge is 0.480 e. The minimum Gasteiger partial charge on any atom is -0.480 e. The van der Waals surface area contributed by atoms with Crippen LogP contribution in [0, 0.1) is 21.4 Å². The highest BCUT2D eigenvalue weighted by atomic mass is 16.6. The number of imidazole rings is 1. The molecule has 2 aromatic rings. The smallest absolute Gasteiger partial charge is 0.312 e. The van der Waals surface area contributed by atoms with E-state index in [1.807, 2.05) is 10.6 Å². The molecule has 0 aliphatic heterocycles. The highest BCUT2D eigenvalue weighted by molar-refractivity contribution is 5.51. The van der Waals surface area contributed by atoms with Crippen molar-refractivity contribution in [2.24, 2.45) is 0 Å². The second kappa shape index (κ2) is 5.25. The molecule has 21 heavy (non-hydrogen) atoms. The molecule has 1 aliphatic carbocycles. The van der Waals surface area contributed by atoms with E-state index in [0.717, 1.165) is 18.5 Å². The van der Waals surface area contributed by atoms with E-state index < -0.39 is 4.92 Å². The Morgan fingerprint density at radius 3 is 3.00 bits per heavy atom. The Labute approximate surface area is 120 Å². The third kappa shape index (κ3) is 2.69. The van der Waals surface area contributed by atoms with Crippen LogP contribution in [-0.2, 0) is 6.61 Å². The lowest BCUT2D eigenvalue weighted by Gasteiger charge is -2.09. The van der Waals surface area contributed by atoms with Gasteiger partial charge < -0.3 is 9.30 Å². The fourth-order valence-electron chi connectivity index (χ4n) is 2.13. The number of ether oxygens (including phenoxy) is 1. The van der Waals surface area contributed by atoms with Gasteiger partial charge in [0.25, 0.3) is 0 Å². The molecule has 1 aromatic heterocycles. The van der Waals surface area contributed by atoms with Crippen LogP contribution >= 0.6 is 0 Å². The topological polar surface area (TPSA) is 94.0 Å². The zero-order chi connectivity index (χ0) is 14.8. The molecule has 7 nitrogen and oxygen atoms in total. The van der Waals surface area contributed by atoms with Gasteiger partial charge >= 0.3 is 5.69 Å². The van der Waals surface area contributed by atoms with Crippen LogP contribution in [0.3, 0.4) is 0 Å². The van der Waals surface area contributed by atoms with E-state index in [0.29, 0.717) is 6.04 Å². The molecule has 1 aliphatic rings. The number of hydrogen-bond donors (Lipinski definition) is 0. The van der Waals surface area contributed by atoms with Crippen molar-refractivity contribution < 1.29 is 9.66 Å². The summed E-state index contributed by atoms with van der Waals surface area (Å²) >= 11 is 0. The fraction of sp³-hybridized carbons (Fsp3) is 0.286. The fourth-order valence-corrected chi connectivity index (χ4v) is 2.13. The second-order valence-corrected chi connectivity index (χ2v) is 4.86. The number of benzene rings is 1. The number of hydrogen-bond acceptors (Lipinski definition) is 5. The van der Waals surface area contributed by atoms with E-state index in [4.69, 9.17) is 10.00 Å². The minimum absolute atomic E-state index is 0.155. The molecule has 0 spiro atoms. The van der Waals surface area contributed by atoms with Crippen LogP contribution in [0.15, 0.2) is 30.7 Å². The van der Waals surface area contributed by atoms with Gasteiger partial charge in [0.1, 0.15) is 6.61 Å². The molecule has 0 atom stereocenters. The normalized spacial score (nSPS) is 13.7. The summed E-state index contributed by atoms with van der Waals surface area (Å²) in [6.07, 6.45) is 5.71. The Morgan fingerprint density at radius 2 is 2.33 bits per heavy atom. The van der Waals surface area contributed by atoms with Gasteiger partial charge in [0.15, 0.2) is 5.75 Å². The molecule has 106 valence electrons. The summed E-state index contributed by atoms with van der Waals surface area (Å²) in [7, 11) is 0. The molecule has 0 radical (unpaired) electrons. The molecule has 1 aromatic carbocycles. The summed E-state index contributed by atoms with van der Waals surface area (Å²) in [6.45, 7) is 0.212. The number of nitro benzene ring substituents is 1. The van der Waals surface area contributed by atoms with Crippen molar-refractivity contribution in [3.63, 3.8) is 0 Å². The van der Waals surface area contributed by atoms with Crippen LogP contribution in [0.5, 0.6) is 5.75 Å². The summed E-state index contributed by atoms with van der Waals surface area (Å²) in [5.41, 5.74) is 0.916. The molecule has 1 heterocycles. The predicted molar refractivity (Wildman–Crippen MR) is 72.6 cm³/mol. The third-order valence-corrected chi connectivity index (χ3v) is 3.35. The number of aromatic nitrogens is 2. The van der Waals surface area contributed by atoms with Gasteiger partial charge in [-0.1, -0.05) is 0 Å². The standard InChI is InChI=1S/C14H12N4O3/c15-6-10-1-4-14(13(5-10)18(19)20)21-8-12-7-16-9-17(12)11-2-3-11/h1,4-5,7,9,11H,2-3,8H2. The Hall–Kier alpha value is -2.88. The van der Waals surface area contributed by atoms with Crippen LogP contribution in [0.2, 0.25) is 0 Å². The lowest BCUT2D eigenvalue weighted by atomic mass is 10.2. The van der Waals surface area contributed by atoms with Crippen molar-refractivity contribution in [2.75, 3.05) is 0 Å². The zero-order valence-electron chi connectivity index (χ0n) is 11.1. The first-order chi connectivity index (χ1) is 10.2. The van der Waals surface area contributed by atoms with E-state index in [-0.39, 0.29) is 23.6 Å². The summed E-state index contributed by atoms with van der Waals surface area (Å²) in [5, 5.41) is 19.8. The zero-order valence-corrected chi connectivity index (χ0v) is 11.1. The van der Waals surface area contributed by atoms with Gasteiger partial charge in [0.05, 0.1) is 34.8 Å². The third-order valence-electron chi connectivity index (χ3n) is 3.35. The Morgan fingerprint density at radius 1 is 1.52 bits per heavy atom. The van der Waals surface area contributed by atoms with Gasteiger partial charge in [-0.25, -0.2) is 4.98 Å². The van der Waals surface area contributed by atoms with Crippen molar-refractivity contribution in [3.05, 3.63) is 52.1 Å². The number of nitriles is 1. The molecule has 0 unspecified atom stereocenters. The van der Waals surface area contributed by atoms with Crippen molar-refractivity contribution in [2.45, 2.75) is 25.5 Å². The van der Waals surface area contributed by atoms with Gasteiger partial charge in [0.2, 0.25) is 0 Å². The van der Waals surface area contributed by atoms with Gasteiger partial charge in [0, 0.05) is 12.1 Å². The first-order valence-corrected chi connectivity index (χ1v) is 6.51. The first-order valence-electron chi connectivity index (χ1n) is 6.51. The summed E-state index contributed by atoms with van der Waals surface area (Å²) in [6, 6.07) is 6.52. The van der Waals surface area contributed by atoms with Crippen molar-refractivity contribution in [1.82, 2.24) is 9.55 Å². The van der Waals surface area contributed by atoms with Gasteiger partial charge in [-0.2, -0.15) is 5.26 Å². The highest BCUT2D eigenvalue weighted by Gasteiger charge is 2.25. The summed E-state index contributed by atoms with van der Waals surface area (Å²) < 4.78 is 7.59. The maximum absolute atomic E-state index is 11.0. The van der Waals surface area contributed by atoms with Gasteiger partial charge in [-0.15, -0.1) is 0 Å². The van der Waals surface area contributed by atoms with E-state index in [1.54, 1.807) is 12.5 Å². The van der Waals surface area contributed by atoms with Crippen LogP contribution in [0.1, 0.15) is 30.1 Å². The minimum atomic E-state index is -0.547.